The van der Waals surface area contributed by atoms with Crippen LogP contribution in [0.4, 0.5) is 35.2 Å². The lowest BCUT2D eigenvalue weighted by molar-refractivity contribution is -0.192. The Morgan fingerprint density at radius 2 is 1.68 bits per heavy atom. The first-order chi connectivity index (χ1) is 26.8. The summed E-state index contributed by atoms with van der Waals surface area (Å²) in [5, 5.41) is 14.1. The van der Waals surface area contributed by atoms with E-state index in [4.69, 9.17) is 29.8 Å². The number of carboxylic acid groups (broad SMARTS) is 1. The van der Waals surface area contributed by atoms with Crippen LogP contribution in [-0.2, 0) is 24.2 Å². The number of ether oxygens (including phenoxy) is 3. The number of amides is 2. The number of hydrogen-bond donors (Lipinski definition) is 4. The predicted molar refractivity (Wildman–Crippen MR) is 208 cm³/mol. The van der Waals surface area contributed by atoms with Gasteiger partial charge in [0, 0.05) is 29.5 Å². The van der Waals surface area contributed by atoms with E-state index in [-0.39, 0.29) is 16.9 Å². The average molecular weight is 818 g/mol. The van der Waals surface area contributed by atoms with Gasteiger partial charge in [0.25, 0.3) is 0 Å². The molecule has 2 heterocycles. The van der Waals surface area contributed by atoms with E-state index in [2.05, 4.69) is 15.6 Å². The first-order valence-electron chi connectivity index (χ1n) is 18.0. The van der Waals surface area contributed by atoms with Gasteiger partial charge >= 0.3 is 18.2 Å². The number of carbonyl (C=O) groups is 3. The van der Waals surface area contributed by atoms with E-state index >= 15 is 0 Å². The van der Waals surface area contributed by atoms with Gasteiger partial charge in [-0.1, -0.05) is 6.07 Å². The number of aliphatic carboxylic acids is 1. The molecule has 0 spiro atoms. The number of hydrogen-bond acceptors (Lipinski definition) is 11. The Kier molecular flexibility index (Phi) is 14.2. The van der Waals surface area contributed by atoms with Crippen LogP contribution in [0, 0.1) is 0 Å². The van der Waals surface area contributed by atoms with E-state index in [1.54, 1.807) is 43.1 Å². The molecule has 0 aliphatic carbocycles. The molecule has 0 saturated carbocycles. The number of nitrogens with zero attached hydrogens (tertiary/aromatic N) is 2. The van der Waals surface area contributed by atoms with Crippen LogP contribution in [0.15, 0.2) is 71.8 Å². The fourth-order valence-electron chi connectivity index (χ4n) is 6.16. The quantitative estimate of drug-likeness (QED) is 0.110. The molecule has 1 fully saturated rings. The summed E-state index contributed by atoms with van der Waals surface area (Å²) in [5.74, 6) is -1.56. The molecule has 18 heteroatoms. The second kappa shape index (κ2) is 18.4. The van der Waals surface area contributed by atoms with E-state index < -0.39 is 45.4 Å². The van der Waals surface area contributed by atoms with Crippen LogP contribution in [0.25, 0.3) is 10.8 Å². The highest BCUT2D eigenvalue weighted by atomic mass is 32.2. The number of fused-ring (bicyclic) bond motifs is 1. The van der Waals surface area contributed by atoms with Crippen molar-refractivity contribution in [2.24, 2.45) is 0 Å². The molecule has 14 nitrogen and oxygen atoms in total. The van der Waals surface area contributed by atoms with Gasteiger partial charge in [-0.15, -0.1) is 0 Å². The zero-order valence-corrected chi connectivity index (χ0v) is 33.0. The molecule has 0 radical (unpaired) electrons. The molecule has 3 aromatic carbocycles. The number of likely N-dealkylation sites (tertiary alicyclic amines) is 1. The number of alkyl halides is 3. The summed E-state index contributed by atoms with van der Waals surface area (Å²) < 4.78 is 75.8. The van der Waals surface area contributed by atoms with Crippen molar-refractivity contribution in [3.05, 3.63) is 78.0 Å². The van der Waals surface area contributed by atoms with Crippen molar-refractivity contribution in [3.63, 3.8) is 0 Å². The normalized spacial score (nSPS) is 14.8. The number of halogens is 3. The van der Waals surface area contributed by atoms with Crippen LogP contribution >= 0.6 is 0 Å². The van der Waals surface area contributed by atoms with Crippen molar-refractivity contribution in [1.82, 2.24) is 9.88 Å². The third kappa shape index (κ3) is 10.8. The summed E-state index contributed by atoms with van der Waals surface area (Å²) in [7, 11) is -2.51. The van der Waals surface area contributed by atoms with E-state index in [9.17, 15) is 31.2 Å². The number of sulfone groups is 1. The highest BCUT2D eigenvalue weighted by molar-refractivity contribution is 7.92. The number of aromatic nitrogens is 1. The summed E-state index contributed by atoms with van der Waals surface area (Å²) in [5.41, 5.74) is 8.20. The molecule has 1 saturated heterocycles. The van der Waals surface area contributed by atoms with Crippen LogP contribution in [0.3, 0.4) is 0 Å². The molecular formula is C39H46F3N5O9S. The van der Waals surface area contributed by atoms with Gasteiger partial charge in [-0.3, -0.25) is 10.1 Å². The van der Waals surface area contributed by atoms with Crippen molar-refractivity contribution < 1.29 is 55.3 Å². The van der Waals surface area contributed by atoms with Crippen LogP contribution in [0.5, 0.6) is 11.5 Å². The van der Waals surface area contributed by atoms with Crippen LogP contribution < -0.4 is 25.8 Å². The molecule has 1 aliphatic rings. The lowest BCUT2D eigenvalue weighted by Crippen LogP contribution is -2.38. The van der Waals surface area contributed by atoms with E-state index in [0.29, 0.717) is 65.8 Å². The van der Waals surface area contributed by atoms with Gasteiger partial charge in [0.1, 0.15) is 11.9 Å². The van der Waals surface area contributed by atoms with Gasteiger partial charge in [-0.05, 0) is 119 Å². The Morgan fingerprint density at radius 1 is 1.00 bits per heavy atom. The Bertz CT molecular complexity index is 2200. The summed E-state index contributed by atoms with van der Waals surface area (Å²) >= 11 is 0. The third-order valence-corrected chi connectivity index (χ3v) is 11.0. The number of anilines is 3. The lowest BCUT2D eigenvalue weighted by atomic mass is 10.00. The minimum Gasteiger partial charge on any atom is -0.490 e. The second-order valence-corrected chi connectivity index (χ2v) is 15.9. The van der Waals surface area contributed by atoms with Gasteiger partial charge in [0.15, 0.2) is 21.3 Å². The van der Waals surface area contributed by atoms with Crippen LogP contribution in [0.1, 0.15) is 70.7 Å². The molecule has 0 bridgehead atoms. The fourth-order valence-corrected chi connectivity index (χ4v) is 7.45. The van der Waals surface area contributed by atoms with E-state index in [1.807, 2.05) is 51.1 Å². The third-order valence-electron chi connectivity index (χ3n) is 8.82. The number of carbonyl (C=O) groups excluding carboxylic acids is 2. The van der Waals surface area contributed by atoms with Crippen molar-refractivity contribution in [1.29, 1.82) is 0 Å². The summed E-state index contributed by atoms with van der Waals surface area (Å²) in [6.45, 7) is 9.75. The number of pyridine rings is 1. The van der Waals surface area contributed by atoms with Gasteiger partial charge in [-0.2, -0.15) is 13.2 Å². The summed E-state index contributed by atoms with van der Waals surface area (Å²) in [4.78, 5) is 41.9. The largest absolute Gasteiger partial charge is 0.490 e. The number of benzene rings is 3. The summed E-state index contributed by atoms with van der Waals surface area (Å²) in [6.07, 6.45) is -3.07. The number of nitrogen functional groups attached to an aromatic ring is 1. The van der Waals surface area contributed by atoms with E-state index in [1.165, 1.54) is 19.2 Å². The number of nitrogens with one attached hydrogen (secondary N) is 2. The minimum absolute atomic E-state index is 0.0961. The molecule has 57 heavy (non-hydrogen) atoms. The number of methoxy groups -OCH3 is 1. The Morgan fingerprint density at radius 3 is 2.30 bits per heavy atom. The number of rotatable bonds is 12. The molecule has 0 unspecified atom stereocenters. The zero-order valence-electron chi connectivity index (χ0n) is 32.2. The van der Waals surface area contributed by atoms with Crippen LogP contribution in [0.2, 0.25) is 0 Å². The Balaban J connectivity index is 0.000000940. The van der Waals surface area contributed by atoms with Gasteiger partial charge in [0.2, 0.25) is 5.91 Å². The molecule has 2 amide bonds. The van der Waals surface area contributed by atoms with Crippen molar-refractivity contribution in [2.75, 3.05) is 36.6 Å². The van der Waals surface area contributed by atoms with E-state index in [0.717, 1.165) is 10.8 Å². The monoisotopic (exact) mass is 817 g/mol. The van der Waals surface area contributed by atoms with Crippen LogP contribution in [-0.4, -0.2) is 79.2 Å². The highest BCUT2D eigenvalue weighted by Gasteiger charge is 2.39. The lowest BCUT2D eigenvalue weighted by Gasteiger charge is -2.32. The Hall–Kier alpha value is -5.78. The number of nitrogens with two attached hydrogens (primary N) is 1. The molecule has 5 rings (SSSR count). The van der Waals surface area contributed by atoms with Crippen molar-refractivity contribution in [3.8, 4) is 11.5 Å². The van der Waals surface area contributed by atoms with Gasteiger partial charge in [-0.25, -0.2) is 23.0 Å². The first-order valence-corrected chi connectivity index (χ1v) is 19.5. The first kappa shape index (κ1) is 43.9. The molecule has 1 aromatic heterocycles. The van der Waals surface area contributed by atoms with Gasteiger partial charge < -0.3 is 35.3 Å². The predicted octanol–water partition coefficient (Wildman–Crippen LogP) is 7.51. The molecule has 2 atom stereocenters. The number of carboxylic acids is 1. The zero-order chi connectivity index (χ0) is 42.2. The van der Waals surface area contributed by atoms with Crippen molar-refractivity contribution >= 4 is 55.8 Å². The minimum atomic E-state index is -5.08. The fraction of sp³-hybridized carbons (Fsp3) is 0.385. The maximum atomic E-state index is 14.9. The maximum absolute atomic E-state index is 14.9. The maximum Gasteiger partial charge on any atom is 0.490 e. The molecule has 5 N–H and O–H groups in total. The van der Waals surface area contributed by atoms with Crippen molar-refractivity contribution in [2.45, 2.75) is 82.0 Å². The molecule has 1 aliphatic heterocycles. The van der Waals surface area contributed by atoms with Gasteiger partial charge in [0.05, 0.1) is 36.0 Å². The molecule has 4 aromatic rings. The SMILES string of the molecule is CCOc1cc([C@H](Nc2ccc3c(N)nccc3c2)C(=O)N2CCC[C@H]2c2cc(NC(=O)OC)ccc2S(=O)(=O)C(C)C)ccc1OC(C)C.O=C(O)C(F)(F)F. The molecule has 308 valence electrons. The summed E-state index contributed by atoms with van der Waals surface area (Å²) in [6, 6.07) is 16.0. The highest BCUT2D eigenvalue weighted by Crippen LogP contribution is 2.41. The topological polar surface area (TPSA) is 199 Å². The Labute approximate surface area is 328 Å². The standard InChI is InChI=1S/C37H45N5O7S.C2HF3O2/c1-7-48-32-20-25(10-14-31(32)49-22(2)3)34(40-26-11-13-28-24(19-26)16-17-39-35(28)38)36(43)42-18-8-9-30(42)29-21-27(41-37(44)47-6)12-15-33(29)50(45,46)23(4)5;3-2(4,5)1(6)7/h10-17,19-23,30,34,40H,7-9,18H2,1-6H3,(H2,38,39)(H,41,44);(H,6,7)/t30-,34-;/m0./s1. The smallest absolute Gasteiger partial charge is 0.490 e. The second-order valence-electron chi connectivity index (χ2n) is 13.5. The average Bonchev–Trinajstić information content (AvgIpc) is 3.64. The molecular weight excluding hydrogens is 772 g/mol.